The maximum absolute atomic E-state index is 11.6. The third-order valence-electron chi connectivity index (χ3n) is 2.92. The van der Waals surface area contributed by atoms with Crippen LogP contribution in [0.3, 0.4) is 0 Å². The average Bonchev–Trinajstić information content (AvgIpc) is 2.35. The zero-order valence-electron chi connectivity index (χ0n) is 10.7. The molecule has 0 aromatic carbocycles. The number of carbonyl (C=O) groups is 1. The van der Waals surface area contributed by atoms with Gasteiger partial charge in [-0.15, -0.1) is 0 Å². The molecule has 1 saturated carbocycles. The summed E-state index contributed by atoms with van der Waals surface area (Å²) in [6.07, 6.45) is 6.91. The Morgan fingerprint density at radius 1 is 1.35 bits per heavy atom. The van der Waals surface area contributed by atoms with E-state index in [9.17, 15) is 4.79 Å². The molecule has 0 bridgehead atoms. The molecule has 98 valence electrons. The lowest BCUT2D eigenvalue weighted by molar-refractivity contribution is -0.120. The third kappa shape index (κ3) is 6.14. The standard InChI is InChI=1S/C12H24N4O/c1-2-8-14-12(13)15-9-11(17)16-10-6-4-3-5-7-10/h10H,2-9H2,1H3,(H,16,17)(H3,13,14,15). The summed E-state index contributed by atoms with van der Waals surface area (Å²) in [5.41, 5.74) is 5.60. The van der Waals surface area contributed by atoms with Gasteiger partial charge in [-0.2, -0.15) is 0 Å². The van der Waals surface area contributed by atoms with Gasteiger partial charge < -0.3 is 16.4 Å². The van der Waals surface area contributed by atoms with Gasteiger partial charge in [0.05, 0.1) is 0 Å². The summed E-state index contributed by atoms with van der Waals surface area (Å²) >= 11 is 0. The van der Waals surface area contributed by atoms with E-state index in [1.54, 1.807) is 0 Å². The molecule has 1 aliphatic rings. The van der Waals surface area contributed by atoms with Crippen LogP contribution in [0.15, 0.2) is 4.99 Å². The van der Waals surface area contributed by atoms with E-state index in [1.807, 2.05) is 0 Å². The molecule has 0 radical (unpaired) electrons. The van der Waals surface area contributed by atoms with Gasteiger partial charge in [0, 0.05) is 12.6 Å². The van der Waals surface area contributed by atoms with E-state index >= 15 is 0 Å². The number of rotatable bonds is 5. The molecule has 0 saturated heterocycles. The highest BCUT2D eigenvalue weighted by Gasteiger charge is 2.14. The largest absolute Gasteiger partial charge is 0.370 e. The Bertz CT molecular complexity index is 259. The van der Waals surface area contributed by atoms with Crippen LogP contribution < -0.4 is 16.4 Å². The van der Waals surface area contributed by atoms with E-state index < -0.39 is 0 Å². The van der Waals surface area contributed by atoms with Crippen LogP contribution >= 0.6 is 0 Å². The number of aliphatic imine (C=N–C) groups is 1. The number of guanidine groups is 1. The normalized spacial score (nSPS) is 17.8. The van der Waals surface area contributed by atoms with Crippen LogP contribution in [0.5, 0.6) is 0 Å². The monoisotopic (exact) mass is 240 g/mol. The Morgan fingerprint density at radius 2 is 2.06 bits per heavy atom. The fraction of sp³-hybridized carbons (Fsp3) is 0.833. The van der Waals surface area contributed by atoms with Crippen LogP contribution in [0.4, 0.5) is 0 Å². The molecular formula is C12H24N4O. The molecule has 5 heteroatoms. The van der Waals surface area contributed by atoms with E-state index in [-0.39, 0.29) is 12.5 Å². The molecule has 1 aliphatic carbocycles. The minimum absolute atomic E-state index is 0.0295. The second-order valence-corrected chi connectivity index (χ2v) is 4.53. The molecule has 0 atom stereocenters. The number of nitrogens with two attached hydrogens (primary N) is 1. The molecule has 5 nitrogen and oxygen atoms in total. The predicted molar refractivity (Wildman–Crippen MR) is 69.8 cm³/mol. The first-order chi connectivity index (χ1) is 8.22. The van der Waals surface area contributed by atoms with Gasteiger partial charge in [-0.25, -0.2) is 4.99 Å². The summed E-state index contributed by atoms with van der Waals surface area (Å²) in [6.45, 7) is 2.97. The maximum Gasteiger partial charge on any atom is 0.242 e. The smallest absolute Gasteiger partial charge is 0.242 e. The molecule has 0 aromatic rings. The van der Waals surface area contributed by atoms with Crippen molar-refractivity contribution in [2.75, 3.05) is 13.1 Å². The highest BCUT2D eigenvalue weighted by Crippen LogP contribution is 2.17. The summed E-state index contributed by atoms with van der Waals surface area (Å²) < 4.78 is 0. The number of hydrogen-bond donors (Lipinski definition) is 3. The Morgan fingerprint density at radius 3 is 2.71 bits per heavy atom. The molecule has 1 fully saturated rings. The first kappa shape index (κ1) is 13.8. The van der Waals surface area contributed by atoms with E-state index in [4.69, 9.17) is 5.73 Å². The molecule has 0 aromatic heterocycles. The molecule has 4 N–H and O–H groups in total. The number of nitrogens with one attached hydrogen (secondary N) is 2. The number of amides is 1. The van der Waals surface area contributed by atoms with Crippen LogP contribution in [-0.2, 0) is 4.79 Å². The van der Waals surface area contributed by atoms with Gasteiger partial charge in [-0.1, -0.05) is 26.2 Å². The van der Waals surface area contributed by atoms with Gasteiger partial charge in [-0.3, -0.25) is 4.79 Å². The number of carbonyl (C=O) groups excluding carboxylic acids is 1. The molecule has 0 spiro atoms. The second kappa shape index (κ2) is 7.92. The van der Waals surface area contributed by atoms with E-state index in [2.05, 4.69) is 22.5 Å². The quantitative estimate of drug-likeness (QED) is 0.490. The van der Waals surface area contributed by atoms with Crippen molar-refractivity contribution in [3.63, 3.8) is 0 Å². The minimum atomic E-state index is -0.0295. The van der Waals surface area contributed by atoms with E-state index in [0.717, 1.165) is 25.8 Å². The van der Waals surface area contributed by atoms with Crippen molar-refractivity contribution >= 4 is 11.9 Å². The number of hydrogen-bond acceptors (Lipinski definition) is 2. The molecule has 0 unspecified atom stereocenters. The highest BCUT2D eigenvalue weighted by atomic mass is 16.1. The summed E-state index contributed by atoms with van der Waals surface area (Å²) in [5, 5.41) is 5.94. The fourth-order valence-electron chi connectivity index (χ4n) is 1.99. The Kier molecular flexibility index (Phi) is 6.43. The van der Waals surface area contributed by atoms with Crippen molar-refractivity contribution in [3.8, 4) is 0 Å². The van der Waals surface area contributed by atoms with Crippen LogP contribution in [0.1, 0.15) is 45.4 Å². The molecule has 1 amide bonds. The van der Waals surface area contributed by atoms with E-state index in [0.29, 0.717) is 12.0 Å². The van der Waals surface area contributed by atoms with Crippen LogP contribution in [-0.4, -0.2) is 31.0 Å². The van der Waals surface area contributed by atoms with Crippen LogP contribution in [0.2, 0.25) is 0 Å². The second-order valence-electron chi connectivity index (χ2n) is 4.53. The van der Waals surface area contributed by atoms with E-state index in [1.165, 1.54) is 19.3 Å². The lowest BCUT2D eigenvalue weighted by Gasteiger charge is -2.22. The van der Waals surface area contributed by atoms with Crippen molar-refractivity contribution in [2.45, 2.75) is 51.5 Å². The Balaban J connectivity index is 2.19. The Labute approximate surface area is 103 Å². The van der Waals surface area contributed by atoms with Crippen molar-refractivity contribution in [3.05, 3.63) is 0 Å². The van der Waals surface area contributed by atoms with Gasteiger partial charge in [-0.05, 0) is 19.3 Å². The lowest BCUT2D eigenvalue weighted by Crippen LogP contribution is -2.39. The van der Waals surface area contributed by atoms with Gasteiger partial charge in [0.2, 0.25) is 5.91 Å². The SMILES string of the molecule is CCCNC(N)=NCC(=O)NC1CCCCC1. The van der Waals surface area contributed by atoms with Crippen LogP contribution in [0, 0.1) is 0 Å². The van der Waals surface area contributed by atoms with Crippen molar-refractivity contribution in [1.82, 2.24) is 10.6 Å². The van der Waals surface area contributed by atoms with Crippen molar-refractivity contribution < 1.29 is 4.79 Å². The predicted octanol–water partition coefficient (Wildman–Crippen LogP) is 0.750. The zero-order valence-corrected chi connectivity index (χ0v) is 10.7. The van der Waals surface area contributed by atoms with Gasteiger partial charge in [0.1, 0.15) is 6.54 Å². The van der Waals surface area contributed by atoms with Crippen molar-refractivity contribution in [1.29, 1.82) is 0 Å². The molecular weight excluding hydrogens is 216 g/mol. The summed E-state index contributed by atoms with van der Waals surface area (Å²) in [5.74, 6) is 0.323. The molecule has 17 heavy (non-hydrogen) atoms. The highest BCUT2D eigenvalue weighted by molar-refractivity contribution is 5.84. The Hall–Kier alpha value is -1.26. The summed E-state index contributed by atoms with van der Waals surface area (Å²) in [6, 6.07) is 0.344. The summed E-state index contributed by atoms with van der Waals surface area (Å²) in [4.78, 5) is 15.6. The average molecular weight is 240 g/mol. The topological polar surface area (TPSA) is 79.5 Å². The van der Waals surface area contributed by atoms with Gasteiger partial charge in [0.15, 0.2) is 5.96 Å². The first-order valence-electron chi connectivity index (χ1n) is 6.55. The molecule has 1 rings (SSSR count). The maximum atomic E-state index is 11.6. The molecule has 0 aliphatic heterocycles. The first-order valence-corrected chi connectivity index (χ1v) is 6.55. The zero-order chi connectivity index (χ0) is 12.5. The van der Waals surface area contributed by atoms with Crippen LogP contribution in [0.25, 0.3) is 0 Å². The fourth-order valence-corrected chi connectivity index (χ4v) is 1.99. The minimum Gasteiger partial charge on any atom is -0.370 e. The summed E-state index contributed by atoms with van der Waals surface area (Å²) in [7, 11) is 0. The number of nitrogens with zero attached hydrogens (tertiary/aromatic N) is 1. The molecule has 0 heterocycles. The van der Waals surface area contributed by atoms with Crippen molar-refractivity contribution in [2.24, 2.45) is 10.7 Å². The third-order valence-corrected chi connectivity index (χ3v) is 2.92. The van der Waals surface area contributed by atoms with Gasteiger partial charge >= 0.3 is 0 Å². The lowest BCUT2D eigenvalue weighted by atomic mass is 9.95. The van der Waals surface area contributed by atoms with Gasteiger partial charge in [0.25, 0.3) is 0 Å².